The Bertz CT molecular complexity index is 816. The third-order valence-electron chi connectivity index (χ3n) is 4.56. The molecule has 0 bridgehead atoms. The molecule has 0 amide bonds. The van der Waals surface area contributed by atoms with Crippen LogP contribution >= 0.6 is 15.9 Å². The van der Waals surface area contributed by atoms with Gasteiger partial charge >= 0.3 is 0 Å². The molecule has 2 aromatic rings. The number of allylic oxidation sites excluding steroid dienone is 4. The summed E-state index contributed by atoms with van der Waals surface area (Å²) in [7, 11) is 0. The molecule has 0 saturated heterocycles. The lowest BCUT2D eigenvalue weighted by atomic mass is 9.84. The van der Waals surface area contributed by atoms with Crippen LogP contribution in [0, 0.1) is 5.92 Å². The minimum absolute atomic E-state index is 0.104. The topological polar surface area (TPSA) is 17.1 Å². The standard InChI is InChI=1S/C20H15BrO/c21-17-6-3-5-14(12-17)20(22)15-8-9-19-16(11-15)10-13-4-1-2-7-18(13)19/h1-9,11-12,16,19H,10H2/t16-,19-/m1/s1. The molecular formula is C20H15BrO. The van der Waals surface area contributed by atoms with E-state index in [2.05, 4.69) is 52.3 Å². The summed E-state index contributed by atoms with van der Waals surface area (Å²) in [4.78, 5) is 12.7. The predicted molar refractivity (Wildman–Crippen MR) is 92.1 cm³/mol. The summed E-state index contributed by atoms with van der Waals surface area (Å²) in [5.41, 5.74) is 4.37. The molecule has 0 fully saturated rings. The Morgan fingerprint density at radius 3 is 2.82 bits per heavy atom. The Balaban J connectivity index is 1.65. The summed E-state index contributed by atoms with van der Waals surface area (Å²) in [6, 6.07) is 16.2. The SMILES string of the molecule is O=C(C1=C[C@H]2Cc3ccccc3[C@@H]2C=C1)c1cccc(Br)c1. The van der Waals surface area contributed by atoms with Gasteiger partial charge in [-0.2, -0.15) is 0 Å². The molecule has 0 heterocycles. The van der Waals surface area contributed by atoms with E-state index in [0.29, 0.717) is 11.8 Å². The molecule has 0 unspecified atom stereocenters. The maximum Gasteiger partial charge on any atom is 0.192 e. The predicted octanol–water partition coefficient (Wildman–Crippen LogP) is 5.08. The highest BCUT2D eigenvalue weighted by Gasteiger charge is 2.32. The fraction of sp³-hybridized carbons (Fsp3) is 0.150. The van der Waals surface area contributed by atoms with Gasteiger partial charge in [-0.3, -0.25) is 4.79 Å². The third-order valence-corrected chi connectivity index (χ3v) is 5.05. The molecule has 2 aromatic carbocycles. The molecule has 2 aliphatic carbocycles. The van der Waals surface area contributed by atoms with Crippen molar-refractivity contribution >= 4 is 21.7 Å². The molecule has 0 N–H and O–H groups in total. The lowest BCUT2D eigenvalue weighted by Gasteiger charge is -2.19. The van der Waals surface area contributed by atoms with Crippen LogP contribution in [0.5, 0.6) is 0 Å². The molecular weight excluding hydrogens is 336 g/mol. The molecule has 0 aliphatic heterocycles. The van der Waals surface area contributed by atoms with E-state index < -0.39 is 0 Å². The Kier molecular flexibility index (Phi) is 3.34. The number of ketones is 1. The highest BCUT2D eigenvalue weighted by atomic mass is 79.9. The summed E-state index contributed by atoms with van der Waals surface area (Å²) in [6.45, 7) is 0. The van der Waals surface area contributed by atoms with Crippen molar-refractivity contribution in [2.24, 2.45) is 5.92 Å². The van der Waals surface area contributed by atoms with Crippen molar-refractivity contribution in [3.05, 3.63) is 93.5 Å². The molecule has 0 saturated carbocycles. The lowest BCUT2D eigenvalue weighted by molar-refractivity contribution is 0.103. The number of halogens is 1. The summed E-state index contributed by atoms with van der Waals surface area (Å²) >= 11 is 3.43. The number of Topliss-reactive ketones (excluding diaryl/α,β-unsaturated/α-hetero) is 1. The molecule has 2 atom stereocenters. The van der Waals surface area contributed by atoms with Gasteiger partial charge in [0.15, 0.2) is 5.78 Å². The smallest absolute Gasteiger partial charge is 0.192 e. The maximum absolute atomic E-state index is 12.7. The van der Waals surface area contributed by atoms with Crippen LogP contribution in [0.25, 0.3) is 0 Å². The zero-order chi connectivity index (χ0) is 15.1. The summed E-state index contributed by atoms with van der Waals surface area (Å²) < 4.78 is 0.935. The van der Waals surface area contributed by atoms with Crippen LogP contribution in [-0.4, -0.2) is 5.78 Å². The number of hydrogen-bond acceptors (Lipinski definition) is 1. The molecule has 108 valence electrons. The Morgan fingerprint density at radius 2 is 1.95 bits per heavy atom. The van der Waals surface area contributed by atoms with E-state index in [1.807, 2.05) is 30.3 Å². The fourth-order valence-electron chi connectivity index (χ4n) is 3.51. The van der Waals surface area contributed by atoms with E-state index in [4.69, 9.17) is 0 Å². The zero-order valence-corrected chi connectivity index (χ0v) is 13.6. The van der Waals surface area contributed by atoms with Crippen LogP contribution in [0.1, 0.15) is 27.4 Å². The van der Waals surface area contributed by atoms with Gasteiger partial charge in [0.05, 0.1) is 0 Å². The molecule has 0 spiro atoms. The van der Waals surface area contributed by atoms with Crippen molar-refractivity contribution in [2.75, 3.05) is 0 Å². The third kappa shape index (κ3) is 2.28. The van der Waals surface area contributed by atoms with Crippen molar-refractivity contribution in [3.8, 4) is 0 Å². The quantitative estimate of drug-likeness (QED) is 0.690. The first-order valence-corrected chi connectivity index (χ1v) is 8.30. The monoisotopic (exact) mass is 350 g/mol. The van der Waals surface area contributed by atoms with Crippen LogP contribution in [0.3, 0.4) is 0 Å². The number of hydrogen-bond donors (Lipinski definition) is 0. The molecule has 4 rings (SSSR count). The Hall–Kier alpha value is -1.93. The van der Waals surface area contributed by atoms with Gasteiger partial charge in [0.2, 0.25) is 0 Å². The molecule has 22 heavy (non-hydrogen) atoms. The summed E-state index contributed by atoms with van der Waals surface area (Å²) in [5, 5.41) is 0. The minimum atomic E-state index is 0.104. The second-order valence-electron chi connectivity index (χ2n) is 5.91. The Morgan fingerprint density at radius 1 is 1.09 bits per heavy atom. The van der Waals surface area contributed by atoms with Gasteiger partial charge < -0.3 is 0 Å². The first-order valence-electron chi connectivity index (χ1n) is 7.50. The van der Waals surface area contributed by atoms with Crippen molar-refractivity contribution in [2.45, 2.75) is 12.3 Å². The van der Waals surface area contributed by atoms with Gasteiger partial charge in [0.25, 0.3) is 0 Å². The molecule has 0 aromatic heterocycles. The first kappa shape index (κ1) is 13.7. The first-order chi connectivity index (χ1) is 10.7. The number of rotatable bonds is 2. The van der Waals surface area contributed by atoms with Crippen LogP contribution in [0.4, 0.5) is 0 Å². The summed E-state index contributed by atoms with van der Waals surface area (Å²) in [5.74, 6) is 0.940. The van der Waals surface area contributed by atoms with Gasteiger partial charge in [0.1, 0.15) is 0 Å². The van der Waals surface area contributed by atoms with Crippen LogP contribution in [0.15, 0.2) is 76.8 Å². The molecule has 1 nitrogen and oxygen atoms in total. The van der Waals surface area contributed by atoms with E-state index >= 15 is 0 Å². The summed E-state index contributed by atoms with van der Waals surface area (Å²) in [6.07, 6.45) is 7.38. The Labute approximate surface area is 138 Å². The average Bonchev–Trinajstić information content (AvgIpc) is 2.91. The van der Waals surface area contributed by atoms with Crippen molar-refractivity contribution in [3.63, 3.8) is 0 Å². The van der Waals surface area contributed by atoms with Crippen LogP contribution < -0.4 is 0 Å². The van der Waals surface area contributed by atoms with Gasteiger partial charge in [-0.25, -0.2) is 0 Å². The number of benzene rings is 2. The highest BCUT2D eigenvalue weighted by molar-refractivity contribution is 9.10. The number of carbonyl (C=O) groups is 1. The molecule has 2 aliphatic rings. The minimum Gasteiger partial charge on any atom is -0.289 e. The average molecular weight is 351 g/mol. The molecule has 2 heteroatoms. The van der Waals surface area contributed by atoms with Gasteiger partial charge in [-0.15, -0.1) is 0 Å². The van der Waals surface area contributed by atoms with E-state index in [1.165, 1.54) is 11.1 Å². The van der Waals surface area contributed by atoms with E-state index in [0.717, 1.165) is 22.0 Å². The van der Waals surface area contributed by atoms with E-state index in [-0.39, 0.29) is 5.78 Å². The maximum atomic E-state index is 12.7. The second kappa shape index (κ2) is 5.36. The van der Waals surface area contributed by atoms with E-state index in [9.17, 15) is 4.79 Å². The largest absolute Gasteiger partial charge is 0.289 e. The van der Waals surface area contributed by atoms with Gasteiger partial charge in [0, 0.05) is 21.5 Å². The van der Waals surface area contributed by atoms with Crippen LogP contribution in [0.2, 0.25) is 0 Å². The molecule has 0 radical (unpaired) electrons. The van der Waals surface area contributed by atoms with Crippen molar-refractivity contribution in [1.82, 2.24) is 0 Å². The zero-order valence-electron chi connectivity index (χ0n) is 12.0. The fourth-order valence-corrected chi connectivity index (χ4v) is 3.91. The van der Waals surface area contributed by atoms with Gasteiger partial charge in [-0.05, 0) is 35.6 Å². The van der Waals surface area contributed by atoms with Crippen molar-refractivity contribution in [1.29, 1.82) is 0 Å². The van der Waals surface area contributed by atoms with Crippen LogP contribution in [-0.2, 0) is 6.42 Å². The normalized spacial score (nSPS) is 22.0. The second-order valence-corrected chi connectivity index (χ2v) is 6.83. The van der Waals surface area contributed by atoms with Crippen molar-refractivity contribution < 1.29 is 4.79 Å². The van der Waals surface area contributed by atoms with E-state index in [1.54, 1.807) is 0 Å². The lowest BCUT2D eigenvalue weighted by Crippen LogP contribution is -2.12. The number of fused-ring (bicyclic) bond motifs is 3. The van der Waals surface area contributed by atoms with Gasteiger partial charge in [-0.1, -0.05) is 70.6 Å². The number of carbonyl (C=O) groups excluding carboxylic acids is 1. The highest BCUT2D eigenvalue weighted by Crippen LogP contribution is 2.42.